The van der Waals surface area contributed by atoms with Gasteiger partial charge in [0.1, 0.15) is 0 Å². The lowest BCUT2D eigenvalue weighted by Gasteiger charge is -2.38. The van der Waals surface area contributed by atoms with Crippen LogP contribution in [-0.2, 0) is 4.74 Å². The molecule has 1 aliphatic heterocycles. The minimum absolute atomic E-state index is 0.0765. The summed E-state index contributed by atoms with van der Waals surface area (Å²) in [5.41, 5.74) is 10.3. The van der Waals surface area contributed by atoms with Crippen LogP contribution in [0.15, 0.2) is 18.2 Å². The van der Waals surface area contributed by atoms with Crippen molar-refractivity contribution in [3.63, 3.8) is 0 Å². The SMILES string of the molecule is Cc1ccc(C)c(C(N)CN2CC(C)OCC2C)c1. The molecule has 1 saturated heterocycles. The highest BCUT2D eigenvalue weighted by Crippen LogP contribution is 2.21. The van der Waals surface area contributed by atoms with E-state index in [1.165, 1.54) is 16.7 Å². The van der Waals surface area contributed by atoms with Gasteiger partial charge < -0.3 is 10.5 Å². The van der Waals surface area contributed by atoms with Crippen molar-refractivity contribution in [1.82, 2.24) is 4.90 Å². The Kier molecular flexibility index (Phi) is 4.61. The van der Waals surface area contributed by atoms with Crippen molar-refractivity contribution < 1.29 is 4.74 Å². The molecule has 2 N–H and O–H groups in total. The molecule has 0 aromatic heterocycles. The molecule has 0 bridgehead atoms. The summed E-state index contributed by atoms with van der Waals surface area (Å²) in [6.45, 7) is 11.3. The van der Waals surface area contributed by atoms with Crippen LogP contribution in [0.2, 0.25) is 0 Å². The first-order valence-electron chi connectivity index (χ1n) is 7.15. The van der Waals surface area contributed by atoms with E-state index in [9.17, 15) is 0 Å². The Bertz CT molecular complexity index is 433. The Hall–Kier alpha value is -0.900. The van der Waals surface area contributed by atoms with E-state index >= 15 is 0 Å². The molecule has 1 aromatic carbocycles. The summed E-state index contributed by atoms with van der Waals surface area (Å²) in [6.07, 6.45) is 0.307. The number of morpholine rings is 1. The number of nitrogens with two attached hydrogens (primary N) is 1. The monoisotopic (exact) mass is 262 g/mol. The maximum Gasteiger partial charge on any atom is 0.0674 e. The van der Waals surface area contributed by atoms with Gasteiger partial charge in [-0.15, -0.1) is 0 Å². The van der Waals surface area contributed by atoms with E-state index in [4.69, 9.17) is 10.5 Å². The van der Waals surface area contributed by atoms with Crippen molar-refractivity contribution in [2.24, 2.45) is 5.73 Å². The van der Waals surface area contributed by atoms with Gasteiger partial charge in [-0.1, -0.05) is 23.8 Å². The first-order valence-corrected chi connectivity index (χ1v) is 7.15. The average Bonchev–Trinajstić information content (AvgIpc) is 2.36. The molecule has 19 heavy (non-hydrogen) atoms. The number of rotatable bonds is 3. The molecule has 0 amide bonds. The van der Waals surface area contributed by atoms with E-state index in [0.29, 0.717) is 12.1 Å². The molecule has 0 radical (unpaired) electrons. The van der Waals surface area contributed by atoms with Gasteiger partial charge in [0.15, 0.2) is 0 Å². The maximum atomic E-state index is 6.42. The standard InChI is InChI=1S/C16H26N2O/c1-11-5-6-12(2)15(7-11)16(17)9-18-8-14(4)19-10-13(18)3/h5-7,13-14,16H,8-10,17H2,1-4H3. The number of aryl methyl sites for hydroxylation is 2. The Balaban J connectivity index is 2.07. The third-order valence-corrected chi connectivity index (χ3v) is 4.00. The van der Waals surface area contributed by atoms with Gasteiger partial charge in [-0.3, -0.25) is 4.90 Å². The van der Waals surface area contributed by atoms with Crippen LogP contribution in [0.5, 0.6) is 0 Å². The molecule has 106 valence electrons. The van der Waals surface area contributed by atoms with Crippen LogP contribution in [0.3, 0.4) is 0 Å². The molecule has 1 fully saturated rings. The van der Waals surface area contributed by atoms with E-state index in [1.54, 1.807) is 0 Å². The molecule has 1 aliphatic rings. The minimum Gasteiger partial charge on any atom is -0.376 e. The Morgan fingerprint density at radius 1 is 1.37 bits per heavy atom. The van der Waals surface area contributed by atoms with E-state index in [1.807, 2.05) is 0 Å². The number of hydrogen-bond acceptors (Lipinski definition) is 3. The second kappa shape index (κ2) is 6.04. The molecule has 2 rings (SSSR count). The van der Waals surface area contributed by atoms with Crippen LogP contribution in [0, 0.1) is 13.8 Å². The molecule has 1 heterocycles. The smallest absolute Gasteiger partial charge is 0.0674 e. The normalized spacial score (nSPS) is 26.4. The highest BCUT2D eigenvalue weighted by atomic mass is 16.5. The van der Waals surface area contributed by atoms with Gasteiger partial charge in [0.2, 0.25) is 0 Å². The summed E-state index contributed by atoms with van der Waals surface area (Å²) in [5, 5.41) is 0. The largest absolute Gasteiger partial charge is 0.376 e. The molecule has 3 atom stereocenters. The quantitative estimate of drug-likeness (QED) is 0.909. The van der Waals surface area contributed by atoms with Gasteiger partial charge in [0.25, 0.3) is 0 Å². The van der Waals surface area contributed by atoms with Crippen molar-refractivity contribution in [3.05, 3.63) is 34.9 Å². The number of benzene rings is 1. The zero-order chi connectivity index (χ0) is 14.0. The molecule has 0 saturated carbocycles. The highest BCUT2D eigenvalue weighted by molar-refractivity contribution is 5.33. The van der Waals surface area contributed by atoms with E-state index in [0.717, 1.165) is 19.7 Å². The Labute approximate surface area is 116 Å². The van der Waals surface area contributed by atoms with Gasteiger partial charge >= 0.3 is 0 Å². The topological polar surface area (TPSA) is 38.5 Å². The minimum atomic E-state index is 0.0765. The van der Waals surface area contributed by atoms with Crippen molar-refractivity contribution >= 4 is 0 Å². The van der Waals surface area contributed by atoms with Gasteiger partial charge in [-0.05, 0) is 38.8 Å². The van der Waals surface area contributed by atoms with Crippen molar-refractivity contribution in [3.8, 4) is 0 Å². The molecule has 3 nitrogen and oxygen atoms in total. The van der Waals surface area contributed by atoms with Crippen LogP contribution in [0.25, 0.3) is 0 Å². The summed E-state index contributed by atoms with van der Waals surface area (Å²) in [6, 6.07) is 7.05. The second-order valence-electron chi connectivity index (χ2n) is 5.91. The molecule has 3 unspecified atom stereocenters. The molecule has 0 spiro atoms. The van der Waals surface area contributed by atoms with Crippen LogP contribution in [0.4, 0.5) is 0 Å². The number of ether oxygens (including phenoxy) is 1. The lowest BCUT2D eigenvalue weighted by atomic mass is 9.98. The van der Waals surface area contributed by atoms with E-state index in [-0.39, 0.29) is 6.04 Å². The Morgan fingerprint density at radius 2 is 2.11 bits per heavy atom. The lowest BCUT2D eigenvalue weighted by molar-refractivity contribution is -0.0510. The van der Waals surface area contributed by atoms with Crippen molar-refractivity contribution in [1.29, 1.82) is 0 Å². The summed E-state index contributed by atoms with van der Waals surface area (Å²) in [7, 11) is 0. The molecular weight excluding hydrogens is 236 g/mol. The first-order chi connectivity index (χ1) is 8.97. The fourth-order valence-corrected chi connectivity index (χ4v) is 2.74. The van der Waals surface area contributed by atoms with Crippen LogP contribution in [0.1, 0.15) is 36.6 Å². The average molecular weight is 262 g/mol. The van der Waals surface area contributed by atoms with E-state index in [2.05, 4.69) is 50.8 Å². The molecule has 0 aliphatic carbocycles. The molecule has 3 heteroatoms. The number of nitrogens with zero attached hydrogens (tertiary/aromatic N) is 1. The first kappa shape index (κ1) is 14.5. The number of hydrogen-bond donors (Lipinski definition) is 1. The summed E-state index contributed by atoms with van der Waals surface area (Å²) in [5.74, 6) is 0. The highest BCUT2D eigenvalue weighted by Gasteiger charge is 2.25. The summed E-state index contributed by atoms with van der Waals surface area (Å²) in [4.78, 5) is 2.45. The fraction of sp³-hybridized carbons (Fsp3) is 0.625. The fourth-order valence-electron chi connectivity index (χ4n) is 2.74. The summed E-state index contributed by atoms with van der Waals surface area (Å²) >= 11 is 0. The predicted octanol–water partition coefficient (Wildman–Crippen LogP) is 2.41. The van der Waals surface area contributed by atoms with Gasteiger partial charge in [-0.2, -0.15) is 0 Å². The van der Waals surface area contributed by atoms with Crippen LogP contribution < -0.4 is 5.73 Å². The third kappa shape index (κ3) is 3.56. The van der Waals surface area contributed by atoms with Crippen molar-refractivity contribution in [2.75, 3.05) is 19.7 Å². The van der Waals surface area contributed by atoms with Crippen LogP contribution in [-0.4, -0.2) is 36.7 Å². The van der Waals surface area contributed by atoms with Crippen LogP contribution >= 0.6 is 0 Å². The van der Waals surface area contributed by atoms with Gasteiger partial charge in [0.05, 0.1) is 12.7 Å². The van der Waals surface area contributed by atoms with Crippen molar-refractivity contribution in [2.45, 2.75) is 45.9 Å². The van der Waals surface area contributed by atoms with E-state index < -0.39 is 0 Å². The third-order valence-electron chi connectivity index (χ3n) is 4.00. The summed E-state index contributed by atoms with van der Waals surface area (Å²) < 4.78 is 5.67. The van der Waals surface area contributed by atoms with Gasteiger partial charge in [0, 0.05) is 25.2 Å². The maximum absolute atomic E-state index is 6.42. The lowest BCUT2D eigenvalue weighted by Crippen LogP contribution is -2.49. The molecule has 1 aromatic rings. The molecular formula is C16H26N2O. The zero-order valence-electron chi connectivity index (χ0n) is 12.5. The zero-order valence-corrected chi connectivity index (χ0v) is 12.5. The Morgan fingerprint density at radius 3 is 2.84 bits per heavy atom. The second-order valence-corrected chi connectivity index (χ2v) is 5.91. The predicted molar refractivity (Wildman–Crippen MR) is 79.3 cm³/mol. The van der Waals surface area contributed by atoms with Gasteiger partial charge in [-0.25, -0.2) is 0 Å².